The van der Waals surface area contributed by atoms with E-state index < -0.39 is 165 Å². The van der Waals surface area contributed by atoms with E-state index in [-0.39, 0.29) is 34.0 Å². The Balaban J connectivity index is 0.941. The first-order valence-electron chi connectivity index (χ1n) is 26.6. The number of hydrogen-bond acceptors (Lipinski definition) is 21. The summed E-state index contributed by atoms with van der Waals surface area (Å²) in [7, 11) is 0. The summed E-state index contributed by atoms with van der Waals surface area (Å²) in [5.41, 5.74) is -1.51. The number of aliphatic hydroxyl groups is 12. The zero-order valence-electron chi connectivity index (χ0n) is 43.4. The molecule has 5 aliphatic carbocycles. The van der Waals surface area contributed by atoms with Crippen molar-refractivity contribution in [3.63, 3.8) is 0 Å². The zero-order chi connectivity index (χ0) is 53.3. The number of fused-ring (bicyclic) bond motifs is 7. The molecule has 8 fully saturated rings. The largest absolute Gasteiger partial charge is 0.432 e. The highest BCUT2D eigenvalue weighted by Crippen LogP contribution is 2.76. The highest BCUT2D eigenvalue weighted by molar-refractivity contribution is 5.79. The maximum atomic E-state index is 14.7. The van der Waals surface area contributed by atoms with Crippen LogP contribution >= 0.6 is 0 Å². The van der Waals surface area contributed by atoms with Gasteiger partial charge in [0.2, 0.25) is 6.29 Å². The fourth-order valence-corrected chi connectivity index (χ4v) is 16.0. The lowest BCUT2D eigenvalue weighted by Gasteiger charge is -2.71. The Morgan fingerprint density at radius 2 is 1.25 bits per heavy atom. The molecule has 0 aromatic heterocycles. The van der Waals surface area contributed by atoms with Crippen LogP contribution in [0, 0.1) is 50.2 Å². The number of aliphatic hydroxyl groups excluding tert-OH is 12. The zero-order valence-corrected chi connectivity index (χ0v) is 43.4. The maximum Gasteiger partial charge on any atom is 0.315 e. The van der Waals surface area contributed by atoms with Gasteiger partial charge in [-0.25, -0.2) is 0 Å². The van der Waals surface area contributed by atoms with Crippen LogP contribution in [0.25, 0.3) is 0 Å². The number of carbonyl (C=O) groups excluding carboxylic acids is 1. The molecule has 0 aromatic rings. The number of hydrogen-bond donors (Lipinski definition) is 12. The van der Waals surface area contributed by atoms with Crippen LogP contribution in [0.1, 0.15) is 113 Å². The Labute approximate surface area is 426 Å². The number of esters is 1. The molecule has 21 heteroatoms. The minimum atomic E-state index is -1.78. The smallest absolute Gasteiger partial charge is 0.315 e. The molecule has 0 aromatic carbocycles. The molecule has 4 saturated carbocycles. The van der Waals surface area contributed by atoms with Gasteiger partial charge < -0.3 is 99.2 Å². The Morgan fingerprint density at radius 1 is 0.616 bits per heavy atom. The molecule has 73 heavy (non-hydrogen) atoms. The Bertz CT molecular complexity index is 2020. The molecule has 0 amide bonds. The highest BCUT2D eigenvalue weighted by atomic mass is 16.8. The Kier molecular flexibility index (Phi) is 15.4. The predicted molar refractivity (Wildman–Crippen MR) is 251 cm³/mol. The third-order valence-corrected chi connectivity index (χ3v) is 20.5. The minimum absolute atomic E-state index is 0.0139. The molecule has 9 rings (SSSR count). The van der Waals surface area contributed by atoms with E-state index in [0.29, 0.717) is 32.1 Å². The van der Waals surface area contributed by atoms with Gasteiger partial charge in [0.1, 0.15) is 79.4 Å². The van der Waals surface area contributed by atoms with Gasteiger partial charge >= 0.3 is 5.97 Å². The molecule has 4 saturated heterocycles. The van der Waals surface area contributed by atoms with Crippen molar-refractivity contribution in [1.29, 1.82) is 0 Å². The van der Waals surface area contributed by atoms with Crippen molar-refractivity contribution in [3.8, 4) is 0 Å². The Hall–Kier alpha value is -1.55. The Morgan fingerprint density at radius 3 is 1.93 bits per heavy atom. The van der Waals surface area contributed by atoms with Crippen LogP contribution in [-0.2, 0) is 42.7 Å². The van der Waals surface area contributed by atoms with E-state index in [1.165, 1.54) is 5.57 Å². The summed E-state index contributed by atoms with van der Waals surface area (Å²) in [5.74, 6) is -0.543. The van der Waals surface area contributed by atoms with Crippen molar-refractivity contribution in [3.05, 3.63) is 11.6 Å². The van der Waals surface area contributed by atoms with E-state index >= 15 is 0 Å². The molecule has 4 heterocycles. The standard InChI is InChI=1S/C52H84O21/c1-22-31(57)35(61)37(63)43(68-22)73-46(65)52-15-13-47(2,3)17-24(52)23-9-10-30-49(6)18-25(54)41(48(4,5)29(49)11-12-51(30,8)50(23,7)14-16-52)72-44-38(64)39(34(60)28(19-53)69-44)70-45-40(33(59)27(56)21-67-45)71-42-36(62)32(58)26(55)20-66-42/h9,22,24-45,53-64H,10-21H2,1-8H3. The summed E-state index contributed by atoms with van der Waals surface area (Å²) in [6, 6.07) is 0. The molecule has 0 bridgehead atoms. The third-order valence-electron chi connectivity index (χ3n) is 20.5. The lowest BCUT2D eigenvalue weighted by Crippen LogP contribution is -2.69. The van der Waals surface area contributed by atoms with Gasteiger partial charge in [0, 0.05) is 0 Å². The second-order valence-corrected chi connectivity index (χ2v) is 25.5. The quantitative estimate of drug-likeness (QED) is 0.0767. The molecular weight excluding hydrogens is 961 g/mol. The average Bonchev–Trinajstić information content (AvgIpc) is 3.32. The van der Waals surface area contributed by atoms with E-state index in [2.05, 4.69) is 40.7 Å². The average molecular weight is 1050 g/mol. The number of ether oxygens (including phenoxy) is 8. The molecule has 4 aliphatic heterocycles. The van der Waals surface area contributed by atoms with Gasteiger partial charge in [0.25, 0.3) is 0 Å². The van der Waals surface area contributed by atoms with Crippen molar-refractivity contribution in [1.82, 2.24) is 0 Å². The normalized spacial score (nSPS) is 54.7. The van der Waals surface area contributed by atoms with Crippen LogP contribution in [0.5, 0.6) is 0 Å². The first kappa shape index (κ1) is 56.2. The minimum Gasteiger partial charge on any atom is -0.432 e. The van der Waals surface area contributed by atoms with Crippen molar-refractivity contribution in [2.45, 2.75) is 236 Å². The van der Waals surface area contributed by atoms with E-state index in [1.807, 2.05) is 13.8 Å². The molecule has 0 spiro atoms. The van der Waals surface area contributed by atoms with E-state index in [4.69, 9.17) is 37.9 Å². The van der Waals surface area contributed by atoms with Crippen LogP contribution in [0.15, 0.2) is 11.6 Å². The lowest BCUT2D eigenvalue weighted by atomic mass is 9.33. The fourth-order valence-electron chi connectivity index (χ4n) is 16.0. The molecule has 9 aliphatic rings. The summed E-state index contributed by atoms with van der Waals surface area (Å²) >= 11 is 0. The molecule has 21 nitrogen and oxygen atoms in total. The summed E-state index contributed by atoms with van der Waals surface area (Å²) in [4.78, 5) is 14.7. The second-order valence-electron chi connectivity index (χ2n) is 25.5. The third kappa shape index (κ3) is 9.10. The van der Waals surface area contributed by atoms with Gasteiger partial charge in [-0.2, -0.15) is 0 Å². The van der Waals surface area contributed by atoms with Gasteiger partial charge in [-0.15, -0.1) is 0 Å². The maximum absolute atomic E-state index is 14.7. The number of carbonyl (C=O) groups is 1. The number of rotatable bonds is 9. The predicted octanol–water partition coefficient (Wildman–Crippen LogP) is -0.759. The van der Waals surface area contributed by atoms with Gasteiger partial charge in [-0.1, -0.05) is 60.1 Å². The van der Waals surface area contributed by atoms with Crippen LogP contribution < -0.4 is 0 Å². The summed E-state index contributed by atoms with van der Waals surface area (Å²) in [5, 5.41) is 130. The van der Waals surface area contributed by atoms with E-state index in [9.17, 15) is 66.1 Å². The van der Waals surface area contributed by atoms with Crippen LogP contribution in [0.3, 0.4) is 0 Å². The van der Waals surface area contributed by atoms with Crippen molar-refractivity contribution in [2.24, 2.45) is 50.2 Å². The lowest BCUT2D eigenvalue weighted by molar-refractivity contribution is -0.381. The summed E-state index contributed by atoms with van der Waals surface area (Å²) < 4.78 is 47.4. The second kappa shape index (κ2) is 20.0. The molecule has 27 unspecified atom stereocenters. The molecule has 0 radical (unpaired) electrons. The molecular formula is C52H84O21. The van der Waals surface area contributed by atoms with Crippen LogP contribution in [0.4, 0.5) is 0 Å². The highest BCUT2D eigenvalue weighted by Gasteiger charge is 2.71. The van der Waals surface area contributed by atoms with E-state index in [1.54, 1.807) is 6.92 Å². The monoisotopic (exact) mass is 1040 g/mol. The van der Waals surface area contributed by atoms with Crippen LogP contribution in [-0.4, -0.2) is 210 Å². The van der Waals surface area contributed by atoms with E-state index in [0.717, 1.165) is 25.7 Å². The van der Waals surface area contributed by atoms with Gasteiger partial charge in [0.05, 0.1) is 43.5 Å². The topological polar surface area (TPSA) is 334 Å². The van der Waals surface area contributed by atoms with Crippen LogP contribution in [0.2, 0.25) is 0 Å². The van der Waals surface area contributed by atoms with Crippen molar-refractivity contribution >= 4 is 5.97 Å². The summed E-state index contributed by atoms with van der Waals surface area (Å²) in [6.45, 7) is 15.5. The van der Waals surface area contributed by atoms with Crippen molar-refractivity contribution < 1.29 is 104 Å². The first-order valence-corrected chi connectivity index (χ1v) is 26.6. The van der Waals surface area contributed by atoms with Gasteiger partial charge in [0.15, 0.2) is 18.9 Å². The van der Waals surface area contributed by atoms with Gasteiger partial charge in [-0.05, 0) is 110 Å². The van der Waals surface area contributed by atoms with Gasteiger partial charge in [-0.3, -0.25) is 4.79 Å². The molecule has 12 N–H and O–H groups in total. The SMILES string of the molecule is CC1OC(OC(=O)C23CCC(C)(C)CC2C2=CCC4C5(C)CC(O)C(OC6OC(CO)C(O)C(OC7OCC(O)C(O)C7OC7OCC(O)C(O)C7O)C6O)C(C)(C)C5CCC4(C)C2(C)CC3)C(O)C(O)C1O. The molecule has 418 valence electrons. The van der Waals surface area contributed by atoms with Crippen molar-refractivity contribution in [2.75, 3.05) is 19.8 Å². The number of allylic oxidation sites excluding steroid dienone is 2. The fraction of sp³-hybridized carbons (Fsp3) is 0.942. The molecule has 27 atom stereocenters. The summed E-state index contributed by atoms with van der Waals surface area (Å²) in [6.07, 6.45) is -21.4. The first-order chi connectivity index (χ1) is 34.1.